The molecule has 0 spiro atoms. The molecule has 0 aliphatic heterocycles. The van der Waals surface area contributed by atoms with Gasteiger partial charge in [0.25, 0.3) is 0 Å². The van der Waals surface area contributed by atoms with Gasteiger partial charge in [0.05, 0.1) is 27.4 Å². The van der Waals surface area contributed by atoms with Crippen LogP contribution in [0.3, 0.4) is 0 Å². The molecule has 31 heavy (non-hydrogen) atoms. The van der Waals surface area contributed by atoms with Crippen LogP contribution in [-0.2, 0) is 17.6 Å². The highest BCUT2D eigenvalue weighted by Crippen LogP contribution is 2.41. The quantitative estimate of drug-likeness (QED) is 0.455. The van der Waals surface area contributed by atoms with Crippen LogP contribution in [0.5, 0.6) is 0 Å². The highest BCUT2D eigenvalue weighted by molar-refractivity contribution is 7.19. The summed E-state index contributed by atoms with van der Waals surface area (Å²) in [5, 5.41) is 18.1. The zero-order valence-electron chi connectivity index (χ0n) is 16.6. The summed E-state index contributed by atoms with van der Waals surface area (Å²) >= 11 is 9.39. The number of fused-ring (bicyclic) bond motifs is 4. The van der Waals surface area contributed by atoms with Crippen LogP contribution in [0.25, 0.3) is 20.4 Å². The normalized spacial score (nSPS) is 15.9. The van der Waals surface area contributed by atoms with Crippen LogP contribution >= 0.6 is 34.5 Å². The fraction of sp³-hybridized carbons (Fsp3) is 0.350. The number of benzene rings is 1. The van der Waals surface area contributed by atoms with Crippen LogP contribution in [0.4, 0.5) is 11.5 Å². The summed E-state index contributed by atoms with van der Waals surface area (Å²) in [6.07, 6.45) is 3.78. The molecule has 1 amide bonds. The number of aliphatic hydroxyl groups is 1. The lowest BCUT2D eigenvalue weighted by atomic mass is 9.87. The third-order valence-electron chi connectivity index (χ3n) is 5.60. The second kappa shape index (κ2) is 8.27. The number of aromatic nitrogens is 4. The second-order valence-electron chi connectivity index (χ2n) is 7.53. The predicted molar refractivity (Wildman–Crippen MR) is 123 cm³/mol. The van der Waals surface area contributed by atoms with E-state index < -0.39 is 0 Å². The van der Waals surface area contributed by atoms with Crippen molar-refractivity contribution in [3.8, 4) is 0 Å². The molecule has 0 saturated carbocycles. The topological polar surface area (TPSA) is 104 Å². The average Bonchev–Trinajstić information content (AvgIpc) is 3.37. The van der Waals surface area contributed by atoms with Gasteiger partial charge < -0.3 is 15.3 Å². The number of hydrogen-bond donors (Lipinski definition) is 2. The van der Waals surface area contributed by atoms with Gasteiger partial charge in [-0.1, -0.05) is 16.1 Å². The Kier molecular flexibility index (Phi) is 5.47. The maximum Gasteiger partial charge on any atom is 0.225 e. The van der Waals surface area contributed by atoms with Crippen molar-refractivity contribution in [2.24, 2.45) is 5.92 Å². The van der Waals surface area contributed by atoms with E-state index in [1.165, 1.54) is 22.0 Å². The first-order valence-electron chi connectivity index (χ1n) is 9.85. The van der Waals surface area contributed by atoms with E-state index in [0.29, 0.717) is 23.8 Å². The summed E-state index contributed by atoms with van der Waals surface area (Å²) in [5.74, 6) is 0.723. The molecule has 0 bridgehead atoms. The molecule has 4 aromatic rings. The maximum absolute atomic E-state index is 12.7. The number of amides is 1. The highest BCUT2D eigenvalue weighted by atomic mass is 35.5. The smallest absolute Gasteiger partial charge is 0.225 e. The zero-order valence-corrected chi connectivity index (χ0v) is 19.0. The van der Waals surface area contributed by atoms with Crippen molar-refractivity contribution in [3.63, 3.8) is 0 Å². The summed E-state index contributed by atoms with van der Waals surface area (Å²) in [7, 11) is 1.74. The summed E-state index contributed by atoms with van der Waals surface area (Å²) in [6, 6.07) is 3.73. The summed E-state index contributed by atoms with van der Waals surface area (Å²) in [5.41, 5.74) is 2.71. The lowest BCUT2D eigenvalue weighted by molar-refractivity contribution is -0.135. The van der Waals surface area contributed by atoms with Gasteiger partial charge in [-0.3, -0.25) is 4.79 Å². The second-order valence-corrected chi connectivity index (χ2v) is 9.80. The third kappa shape index (κ3) is 3.73. The molecule has 0 unspecified atom stereocenters. The van der Waals surface area contributed by atoms with E-state index in [0.717, 1.165) is 39.0 Å². The van der Waals surface area contributed by atoms with Gasteiger partial charge in [-0.25, -0.2) is 9.97 Å². The van der Waals surface area contributed by atoms with E-state index in [1.54, 1.807) is 35.7 Å². The van der Waals surface area contributed by atoms with Crippen molar-refractivity contribution in [2.75, 3.05) is 25.5 Å². The fourth-order valence-electron chi connectivity index (χ4n) is 4.01. The Balaban J connectivity index is 1.48. The molecule has 1 aliphatic carbocycles. The Bertz CT molecular complexity index is 1290. The molecule has 1 atom stereocenters. The molecule has 0 fully saturated rings. The van der Waals surface area contributed by atoms with Gasteiger partial charge in [0.2, 0.25) is 5.91 Å². The number of hydrogen-bond acceptors (Lipinski definition) is 9. The van der Waals surface area contributed by atoms with Crippen LogP contribution in [0.1, 0.15) is 16.9 Å². The molecule has 0 saturated heterocycles. The van der Waals surface area contributed by atoms with Crippen LogP contribution in [-0.4, -0.2) is 55.7 Å². The minimum Gasteiger partial charge on any atom is -0.395 e. The molecule has 1 aromatic carbocycles. The number of carbonyl (C=O) groups excluding carboxylic acids is 1. The number of likely N-dealkylation sites (N-methyl/N-ethyl adjacent to an activating group) is 1. The number of nitrogens with zero attached hydrogens (tertiary/aromatic N) is 5. The molecule has 5 rings (SSSR count). The lowest BCUT2D eigenvalue weighted by Crippen LogP contribution is -2.37. The zero-order chi connectivity index (χ0) is 21.5. The molecule has 2 N–H and O–H groups in total. The first kappa shape index (κ1) is 20.5. The van der Waals surface area contributed by atoms with Crippen molar-refractivity contribution < 1.29 is 9.90 Å². The Morgan fingerprint density at radius 2 is 2.26 bits per heavy atom. The molecule has 0 radical (unpaired) electrons. The largest absolute Gasteiger partial charge is 0.395 e. The number of carbonyl (C=O) groups is 1. The molecule has 3 heterocycles. The SMILES string of the molecule is CN(CCO)C(=O)[C@H]1CCc2c(sc3ncnc(Nc4cc5snnc5cc4Cl)c23)C1. The van der Waals surface area contributed by atoms with Gasteiger partial charge in [-0.05, 0) is 48.5 Å². The molecule has 3 aromatic heterocycles. The van der Waals surface area contributed by atoms with Gasteiger partial charge in [0, 0.05) is 24.4 Å². The summed E-state index contributed by atoms with van der Waals surface area (Å²) in [6.45, 7) is 0.328. The van der Waals surface area contributed by atoms with E-state index >= 15 is 0 Å². The van der Waals surface area contributed by atoms with Crippen LogP contribution in [0.2, 0.25) is 5.02 Å². The minimum atomic E-state index is -0.0721. The number of aliphatic hydroxyl groups excluding tert-OH is 1. The van der Waals surface area contributed by atoms with Gasteiger partial charge >= 0.3 is 0 Å². The standard InChI is InChI=1S/C20H19ClN6O2S2/c1-27(4-5-28)20(29)10-2-3-11-15(6-10)30-19-17(11)18(22-9-23-19)24-13-8-16-14(7-12(13)21)25-26-31-16/h7-10,28H,2-6H2,1H3,(H,22,23,24)/t10-/m0/s1. The van der Waals surface area contributed by atoms with Gasteiger partial charge in [-0.15, -0.1) is 16.4 Å². The molecular formula is C20H19ClN6O2S2. The summed E-state index contributed by atoms with van der Waals surface area (Å²) < 4.78 is 4.91. The number of thiophene rings is 1. The van der Waals surface area contributed by atoms with Gasteiger partial charge in [0.15, 0.2) is 0 Å². The first-order valence-corrected chi connectivity index (χ1v) is 11.8. The van der Waals surface area contributed by atoms with Crippen LogP contribution in [0.15, 0.2) is 18.5 Å². The minimum absolute atomic E-state index is 0.0281. The predicted octanol–water partition coefficient (Wildman–Crippen LogP) is 3.65. The number of aryl methyl sites for hydroxylation is 1. The van der Waals surface area contributed by atoms with E-state index in [2.05, 4.69) is 24.9 Å². The van der Waals surface area contributed by atoms with Crippen molar-refractivity contribution in [2.45, 2.75) is 19.3 Å². The third-order valence-corrected chi connectivity index (χ3v) is 7.76. The van der Waals surface area contributed by atoms with Crippen LogP contribution in [0, 0.1) is 5.92 Å². The molecule has 11 heteroatoms. The highest BCUT2D eigenvalue weighted by Gasteiger charge is 2.30. The van der Waals surface area contributed by atoms with Gasteiger partial charge in [-0.2, -0.15) is 0 Å². The Hall–Kier alpha value is -2.40. The van der Waals surface area contributed by atoms with E-state index in [9.17, 15) is 4.79 Å². The molecular weight excluding hydrogens is 456 g/mol. The number of nitrogens with one attached hydrogen (secondary N) is 1. The van der Waals surface area contributed by atoms with E-state index in [1.807, 2.05) is 6.07 Å². The first-order chi connectivity index (χ1) is 15.0. The summed E-state index contributed by atoms with van der Waals surface area (Å²) in [4.78, 5) is 25.4. The van der Waals surface area contributed by atoms with Crippen LogP contribution < -0.4 is 5.32 Å². The number of rotatable bonds is 5. The van der Waals surface area contributed by atoms with E-state index in [4.69, 9.17) is 16.7 Å². The average molecular weight is 475 g/mol. The molecule has 160 valence electrons. The van der Waals surface area contributed by atoms with Crippen molar-refractivity contribution in [1.82, 2.24) is 24.5 Å². The number of halogens is 1. The number of anilines is 2. The van der Waals surface area contributed by atoms with Crippen molar-refractivity contribution in [1.29, 1.82) is 0 Å². The monoisotopic (exact) mass is 474 g/mol. The lowest BCUT2D eigenvalue weighted by Gasteiger charge is -2.26. The van der Waals surface area contributed by atoms with E-state index in [-0.39, 0.29) is 18.4 Å². The Morgan fingerprint density at radius 3 is 3.10 bits per heavy atom. The fourth-order valence-corrected chi connectivity index (χ4v) is 6.07. The maximum atomic E-state index is 12.7. The Labute approximate surface area is 191 Å². The Morgan fingerprint density at radius 1 is 1.39 bits per heavy atom. The van der Waals surface area contributed by atoms with Gasteiger partial charge in [0.1, 0.15) is 22.5 Å². The van der Waals surface area contributed by atoms with Crippen molar-refractivity contribution in [3.05, 3.63) is 33.9 Å². The van der Waals surface area contributed by atoms with Crippen molar-refractivity contribution >= 4 is 72.3 Å². The molecule has 8 nitrogen and oxygen atoms in total. The molecule has 1 aliphatic rings.